The third-order valence-corrected chi connectivity index (χ3v) is 4.79. The van der Waals surface area contributed by atoms with Crippen LogP contribution in [-0.4, -0.2) is 25.6 Å². The first-order valence-electron chi connectivity index (χ1n) is 7.81. The highest BCUT2D eigenvalue weighted by molar-refractivity contribution is 7.92. The molecule has 0 amide bonds. The fourth-order valence-electron chi connectivity index (χ4n) is 2.10. The summed E-state index contributed by atoms with van der Waals surface area (Å²) in [6, 6.07) is 12.0. The highest BCUT2D eigenvalue weighted by Gasteiger charge is 2.15. The lowest BCUT2D eigenvalue weighted by atomic mass is 10.1. The van der Waals surface area contributed by atoms with Crippen molar-refractivity contribution in [2.75, 3.05) is 4.72 Å². The molecule has 0 aliphatic rings. The van der Waals surface area contributed by atoms with E-state index in [-0.39, 0.29) is 11.0 Å². The van der Waals surface area contributed by atoms with E-state index in [1.807, 2.05) is 0 Å². The van der Waals surface area contributed by atoms with Crippen LogP contribution >= 0.6 is 0 Å². The van der Waals surface area contributed by atoms with Crippen molar-refractivity contribution >= 4 is 21.7 Å². The molecule has 2 aromatic carbocycles. The molecule has 7 heteroatoms. The maximum Gasteiger partial charge on any atom is 0.338 e. The lowest BCUT2D eigenvalue weighted by Crippen LogP contribution is -2.14. The number of ether oxygens (including phenoxy) is 1. The van der Waals surface area contributed by atoms with E-state index in [0.717, 1.165) is 0 Å². The zero-order chi connectivity index (χ0) is 18.6. The number of sulfonamides is 1. The number of aliphatic hydroxyl groups excluding tert-OH is 1. The van der Waals surface area contributed by atoms with E-state index in [4.69, 9.17) is 4.74 Å². The van der Waals surface area contributed by atoms with Crippen molar-refractivity contribution in [3.05, 3.63) is 59.7 Å². The average molecular weight is 363 g/mol. The molecule has 2 aromatic rings. The third-order valence-electron chi connectivity index (χ3n) is 3.39. The van der Waals surface area contributed by atoms with Crippen molar-refractivity contribution in [2.24, 2.45) is 0 Å². The van der Waals surface area contributed by atoms with Crippen molar-refractivity contribution in [3.63, 3.8) is 0 Å². The molecule has 1 atom stereocenters. The molecule has 0 saturated carbocycles. The monoisotopic (exact) mass is 363 g/mol. The predicted octanol–water partition coefficient (Wildman–Crippen LogP) is 3.11. The molecule has 0 unspecified atom stereocenters. The smallest absolute Gasteiger partial charge is 0.338 e. The molecule has 2 N–H and O–H groups in total. The number of benzene rings is 2. The van der Waals surface area contributed by atoms with Gasteiger partial charge in [-0.3, -0.25) is 4.72 Å². The van der Waals surface area contributed by atoms with Gasteiger partial charge in [0.1, 0.15) is 0 Å². The van der Waals surface area contributed by atoms with Gasteiger partial charge in [0.05, 0.1) is 22.7 Å². The van der Waals surface area contributed by atoms with Crippen molar-refractivity contribution in [2.45, 2.75) is 37.9 Å². The number of carbonyl (C=O) groups is 1. The number of rotatable bonds is 6. The van der Waals surface area contributed by atoms with Crippen molar-refractivity contribution < 1.29 is 23.1 Å². The van der Waals surface area contributed by atoms with Gasteiger partial charge in [-0.05, 0) is 62.7 Å². The molecule has 25 heavy (non-hydrogen) atoms. The molecule has 0 aromatic heterocycles. The molecule has 0 aliphatic carbocycles. The topological polar surface area (TPSA) is 92.7 Å². The summed E-state index contributed by atoms with van der Waals surface area (Å²) in [5.41, 5.74) is 1.31. The Labute approximate surface area is 147 Å². The highest BCUT2D eigenvalue weighted by Crippen LogP contribution is 2.19. The lowest BCUT2D eigenvalue weighted by Gasteiger charge is -2.11. The van der Waals surface area contributed by atoms with Gasteiger partial charge in [-0.25, -0.2) is 13.2 Å². The summed E-state index contributed by atoms with van der Waals surface area (Å²) in [5.74, 6) is -0.460. The SMILES string of the molecule is CC(C)OC(=O)c1ccc(NS(=O)(=O)c2ccc([C@H](C)O)cc2)cc1. The van der Waals surface area contributed by atoms with Crippen LogP contribution in [0.1, 0.15) is 42.8 Å². The molecule has 0 saturated heterocycles. The third kappa shape index (κ3) is 5.04. The molecule has 2 rings (SSSR count). The second-order valence-electron chi connectivity index (χ2n) is 5.88. The standard InChI is InChI=1S/C18H21NO5S/c1-12(2)24-18(21)15-4-8-16(9-5-15)19-25(22,23)17-10-6-14(7-11-17)13(3)20/h4-13,19-20H,1-3H3/t13-/m0/s1. The van der Waals surface area contributed by atoms with Gasteiger partial charge in [-0.2, -0.15) is 0 Å². The number of carbonyl (C=O) groups excluding carboxylic acids is 1. The number of esters is 1. The molecular weight excluding hydrogens is 342 g/mol. The maximum atomic E-state index is 12.4. The largest absolute Gasteiger partial charge is 0.459 e. The molecule has 0 bridgehead atoms. The van der Waals surface area contributed by atoms with E-state index < -0.39 is 22.1 Å². The molecular formula is C18H21NO5S. The first-order chi connectivity index (χ1) is 11.7. The normalized spacial score (nSPS) is 12.7. The first kappa shape index (κ1) is 19.0. The highest BCUT2D eigenvalue weighted by atomic mass is 32.2. The van der Waals surface area contributed by atoms with E-state index in [2.05, 4.69) is 4.72 Å². The molecule has 134 valence electrons. The minimum atomic E-state index is -3.76. The molecule has 0 radical (unpaired) electrons. The fraction of sp³-hybridized carbons (Fsp3) is 0.278. The van der Waals surface area contributed by atoms with Crippen LogP contribution in [0.25, 0.3) is 0 Å². The summed E-state index contributed by atoms with van der Waals surface area (Å²) in [4.78, 5) is 11.9. The molecule has 0 heterocycles. The Morgan fingerprint density at radius 1 is 1.00 bits per heavy atom. The Kier molecular flexibility index (Phi) is 5.81. The summed E-state index contributed by atoms with van der Waals surface area (Å²) in [7, 11) is -3.76. The van der Waals surface area contributed by atoms with E-state index in [9.17, 15) is 18.3 Å². The van der Waals surface area contributed by atoms with Crippen LogP contribution in [0.15, 0.2) is 53.4 Å². The molecule has 0 spiro atoms. The maximum absolute atomic E-state index is 12.4. The number of hydrogen-bond donors (Lipinski definition) is 2. The van der Waals surface area contributed by atoms with E-state index in [1.165, 1.54) is 36.4 Å². The lowest BCUT2D eigenvalue weighted by molar-refractivity contribution is 0.0378. The summed E-state index contributed by atoms with van der Waals surface area (Å²) in [5, 5.41) is 9.48. The first-order valence-corrected chi connectivity index (χ1v) is 9.29. The summed E-state index contributed by atoms with van der Waals surface area (Å²) < 4.78 is 32.3. The summed E-state index contributed by atoms with van der Waals surface area (Å²) in [6.45, 7) is 5.11. The molecule has 0 fully saturated rings. The summed E-state index contributed by atoms with van der Waals surface area (Å²) >= 11 is 0. The van der Waals surface area contributed by atoms with Crippen molar-refractivity contribution in [1.29, 1.82) is 0 Å². The minimum Gasteiger partial charge on any atom is -0.459 e. The molecule has 0 aliphatic heterocycles. The van der Waals surface area contributed by atoms with E-state index in [0.29, 0.717) is 16.8 Å². The number of hydrogen-bond acceptors (Lipinski definition) is 5. The van der Waals surface area contributed by atoms with Gasteiger partial charge in [0.2, 0.25) is 0 Å². The van der Waals surface area contributed by atoms with Crippen LogP contribution in [0.2, 0.25) is 0 Å². The van der Waals surface area contributed by atoms with Gasteiger partial charge >= 0.3 is 5.97 Å². The van der Waals surface area contributed by atoms with E-state index in [1.54, 1.807) is 32.9 Å². The van der Waals surface area contributed by atoms with Gasteiger partial charge in [-0.1, -0.05) is 12.1 Å². The number of anilines is 1. The van der Waals surface area contributed by atoms with Crippen LogP contribution in [0.4, 0.5) is 5.69 Å². The Hall–Kier alpha value is -2.38. The van der Waals surface area contributed by atoms with Gasteiger partial charge in [0.25, 0.3) is 10.0 Å². The second kappa shape index (κ2) is 7.67. The predicted molar refractivity (Wildman–Crippen MR) is 94.9 cm³/mol. The van der Waals surface area contributed by atoms with Gasteiger partial charge in [0.15, 0.2) is 0 Å². The Morgan fingerprint density at radius 3 is 2.04 bits per heavy atom. The van der Waals surface area contributed by atoms with Crippen molar-refractivity contribution in [1.82, 2.24) is 0 Å². The van der Waals surface area contributed by atoms with Crippen LogP contribution in [-0.2, 0) is 14.8 Å². The van der Waals surface area contributed by atoms with Crippen LogP contribution in [0.5, 0.6) is 0 Å². The van der Waals surface area contributed by atoms with Crippen LogP contribution in [0, 0.1) is 0 Å². The van der Waals surface area contributed by atoms with E-state index >= 15 is 0 Å². The van der Waals surface area contributed by atoms with Crippen molar-refractivity contribution in [3.8, 4) is 0 Å². The Balaban J connectivity index is 2.13. The zero-order valence-electron chi connectivity index (χ0n) is 14.3. The Morgan fingerprint density at radius 2 is 1.56 bits per heavy atom. The van der Waals surface area contributed by atoms with Crippen LogP contribution < -0.4 is 4.72 Å². The summed E-state index contributed by atoms with van der Waals surface area (Å²) in [6.07, 6.45) is -0.891. The van der Waals surface area contributed by atoms with Gasteiger partial charge in [0, 0.05) is 5.69 Å². The second-order valence-corrected chi connectivity index (χ2v) is 7.56. The average Bonchev–Trinajstić information content (AvgIpc) is 2.54. The zero-order valence-corrected chi connectivity index (χ0v) is 15.1. The van der Waals surface area contributed by atoms with Crippen LogP contribution in [0.3, 0.4) is 0 Å². The Bertz CT molecular complexity index is 825. The number of nitrogens with one attached hydrogen (secondary N) is 1. The quantitative estimate of drug-likeness (QED) is 0.769. The minimum absolute atomic E-state index is 0.0835. The molecule has 6 nitrogen and oxygen atoms in total. The number of aliphatic hydroxyl groups is 1. The van der Waals surface area contributed by atoms with Gasteiger partial charge < -0.3 is 9.84 Å². The van der Waals surface area contributed by atoms with Gasteiger partial charge in [-0.15, -0.1) is 0 Å². The fourth-order valence-corrected chi connectivity index (χ4v) is 3.15.